The Balaban J connectivity index is 1.91. The van der Waals surface area contributed by atoms with E-state index in [0.717, 1.165) is 5.56 Å². The summed E-state index contributed by atoms with van der Waals surface area (Å²) in [5.41, 5.74) is 5.88. The molecule has 2 aromatic rings. The minimum absolute atomic E-state index is 0.0779. The predicted octanol–water partition coefficient (Wildman–Crippen LogP) is 2.37. The van der Waals surface area contributed by atoms with E-state index in [1.807, 2.05) is 26.0 Å². The number of anilines is 1. The zero-order valence-corrected chi connectivity index (χ0v) is 16.5. The highest BCUT2D eigenvalue weighted by molar-refractivity contribution is 5.69. The lowest BCUT2D eigenvalue weighted by atomic mass is 9.94. The van der Waals surface area contributed by atoms with Gasteiger partial charge in [0.1, 0.15) is 24.2 Å². The molecule has 0 fully saturated rings. The first-order valence-electron chi connectivity index (χ1n) is 8.98. The topological polar surface area (TPSA) is 137 Å². The van der Waals surface area contributed by atoms with Gasteiger partial charge in [-0.25, -0.2) is 0 Å². The van der Waals surface area contributed by atoms with E-state index in [0.29, 0.717) is 5.75 Å². The van der Waals surface area contributed by atoms with Gasteiger partial charge in [0.2, 0.25) is 0 Å². The number of aliphatic hydroxyl groups is 1. The molecule has 156 valence electrons. The van der Waals surface area contributed by atoms with Crippen LogP contribution < -0.4 is 20.5 Å². The summed E-state index contributed by atoms with van der Waals surface area (Å²) in [7, 11) is 0. The molecule has 0 aliphatic carbocycles. The van der Waals surface area contributed by atoms with Gasteiger partial charge in [-0.1, -0.05) is 18.2 Å². The molecule has 0 bridgehead atoms. The van der Waals surface area contributed by atoms with Crippen LogP contribution in [0.5, 0.6) is 11.5 Å². The van der Waals surface area contributed by atoms with Gasteiger partial charge in [0.25, 0.3) is 5.69 Å². The van der Waals surface area contributed by atoms with Crippen molar-refractivity contribution in [2.24, 2.45) is 0 Å². The molecule has 9 nitrogen and oxygen atoms in total. The van der Waals surface area contributed by atoms with E-state index >= 15 is 0 Å². The first-order valence-corrected chi connectivity index (χ1v) is 8.98. The third-order valence-corrected chi connectivity index (χ3v) is 4.29. The number of rotatable bonds is 9. The molecule has 9 heteroatoms. The van der Waals surface area contributed by atoms with E-state index in [4.69, 9.17) is 15.2 Å². The Morgan fingerprint density at radius 3 is 2.52 bits per heavy atom. The summed E-state index contributed by atoms with van der Waals surface area (Å²) >= 11 is 0. The van der Waals surface area contributed by atoms with Crippen molar-refractivity contribution in [3.05, 3.63) is 58.1 Å². The van der Waals surface area contributed by atoms with Crippen LogP contribution in [0.25, 0.3) is 0 Å². The van der Waals surface area contributed by atoms with Crippen LogP contribution in [0.3, 0.4) is 0 Å². The van der Waals surface area contributed by atoms with Crippen LogP contribution >= 0.6 is 0 Å². The van der Waals surface area contributed by atoms with Gasteiger partial charge in [0.15, 0.2) is 5.69 Å². The van der Waals surface area contributed by atoms with Crippen LogP contribution in [0.15, 0.2) is 42.5 Å². The van der Waals surface area contributed by atoms with E-state index in [1.54, 1.807) is 12.1 Å². The summed E-state index contributed by atoms with van der Waals surface area (Å²) in [6, 6.07) is 11.3. The number of hydrogen-bond acceptors (Lipinski definition) is 8. The predicted molar refractivity (Wildman–Crippen MR) is 108 cm³/mol. The summed E-state index contributed by atoms with van der Waals surface area (Å²) in [6.45, 7) is 5.36. The van der Waals surface area contributed by atoms with Crippen LogP contribution in [-0.2, 0) is 10.3 Å². The normalized spacial score (nSPS) is 12.3. The number of carbonyl (C=O) groups is 1. The van der Waals surface area contributed by atoms with E-state index < -0.39 is 16.6 Å². The van der Waals surface area contributed by atoms with Gasteiger partial charge in [0.05, 0.1) is 4.92 Å². The molecule has 0 saturated heterocycles. The molecule has 0 aromatic heterocycles. The van der Waals surface area contributed by atoms with Crippen molar-refractivity contribution in [2.75, 3.05) is 18.9 Å². The molecule has 0 aliphatic rings. The van der Waals surface area contributed by atoms with Crippen LogP contribution in [0, 0.1) is 10.1 Å². The number of esters is 1. The van der Waals surface area contributed by atoms with Crippen LogP contribution in [0.2, 0.25) is 0 Å². The smallest absolute Gasteiger partial charge is 0.308 e. The maximum Gasteiger partial charge on any atom is 0.308 e. The lowest BCUT2D eigenvalue weighted by molar-refractivity contribution is -0.384. The fourth-order valence-electron chi connectivity index (χ4n) is 2.64. The number of ether oxygens (including phenoxy) is 2. The Morgan fingerprint density at radius 2 is 1.93 bits per heavy atom. The second-order valence-corrected chi connectivity index (χ2v) is 7.03. The first-order chi connectivity index (χ1) is 13.6. The molecule has 4 N–H and O–H groups in total. The average molecular weight is 403 g/mol. The Labute approximate surface area is 168 Å². The van der Waals surface area contributed by atoms with Crippen LogP contribution in [-0.4, -0.2) is 35.3 Å². The molecule has 0 aliphatic heterocycles. The second-order valence-electron chi connectivity index (χ2n) is 7.03. The number of carbonyl (C=O) groups excluding carboxylic acids is 1. The third-order valence-electron chi connectivity index (χ3n) is 4.29. The summed E-state index contributed by atoms with van der Waals surface area (Å²) in [5, 5.41) is 24.4. The van der Waals surface area contributed by atoms with Gasteiger partial charge < -0.3 is 25.6 Å². The monoisotopic (exact) mass is 403 g/mol. The minimum atomic E-state index is -0.867. The molecule has 0 spiro atoms. The van der Waals surface area contributed by atoms with E-state index in [1.165, 1.54) is 25.1 Å². The standard InChI is InChI=1S/C20H25N3O6/c1-13(24)29-16-9-7-14(8-10-16)20(2,3)22-11-15(25)12-28-18-6-4-5-17(19(18)21)23(26)27/h4-10,15,22,25H,11-12,21H2,1-3H3. The molecule has 0 saturated carbocycles. The van der Waals surface area contributed by atoms with Gasteiger partial charge in [0, 0.05) is 25.1 Å². The highest BCUT2D eigenvalue weighted by atomic mass is 16.6. The quantitative estimate of drug-likeness (QED) is 0.191. The number of nitrogens with zero attached hydrogens (tertiary/aromatic N) is 1. The number of benzene rings is 2. The summed E-state index contributed by atoms with van der Waals surface area (Å²) in [6.07, 6.45) is -0.867. The molecule has 0 radical (unpaired) electrons. The molecule has 2 rings (SSSR count). The van der Waals surface area contributed by atoms with Crippen molar-refractivity contribution in [3.8, 4) is 11.5 Å². The number of hydrogen-bond donors (Lipinski definition) is 3. The molecule has 29 heavy (non-hydrogen) atoms. The SMILES string of the molecule is CC(=O)Oc1ccc(C(C)(C)NCC(O)COc2cccc([N+](=O)[O-])c2N)cc1. The number of para-hydroxylation sites is 1. The van der Waals surface area contributed by atoms with Crippen molar-refractivity contribution in [2.45, 2.75) is 32.4 Å². The zero-order valence-electron chi connectivity index (χ0n) is 16.5. The van der Waals surface area contributed by atoms with Gasteiger partial charge >= 0.3 is 5.97 Å². The third kappa shape index (κ3) is 6.16. The van der Waals surface area contributed by atoms with Gasteiger partial charge in [-0.3, -0.25) is 14.9 Å². The van der Waals surface area contributed by atoms with E-state index in [2.05, 4.69) is 5.32 Å². The largest absolute Gasteiger partial charge is 0.488 e. The Bertz CT molecular complexity index is 867. The van der Waals surface area contributed by atoms with Crippen molar-refractivity contribution in [3.63, 3.8) is 0 Å². The van der Waals surface area contributed by atoms with Crippen molar-refractivity contribution in [1.82, 2.24) is 5.32 Å². The van der Waals surface area contributed by atoms with Crippen molar-refractivity contribution in [1.29, 1.82) is 0 Å². The highest BCUT2D eigenvalue weighted by Gasteiger charge is 2.22. The molecule has 1 unspecified atom stereocenters. The summed E-state index contributed by atoms with van der Waals surface area (Å²) < 4.78 is 10.5. The molecular formula is C20H25N3O6. The van der Waals surface area contributed by atoms with Crippen molar-refractivity contribution < 1.29 is 24.3 Å². The second kappa shape index (κ2) is 9.35. The summed E-state index contributed by atoms with van der Waals surface area (Å²) in [4.78, 5) is 21.3. The minimum Gasteiger partial charge on any atom is -0.488 e. The van der Waals surface area contributed by atoms with Gasteiger partial charge in [-0.05, 0) is 37.6 Å². The highest BCUT2D eigenvalue weighted by Crippen LogP contribution is 2.31. The number of nitro benzene ring substituents is 1. The van der Waals surface area contributed by atoms with Crippen LogP contribution in [0.4, 0.5) is 11.4 Å². The Morgan fingerprint density at radius 1 is 1.28 bits per heavy atom. The number of aliphatic hydroxyl groups excluding tert-OH is 1. The molecule has 0 heterocycles. The molecule has 0 amide bonds. The Kier molecular flexibility index (Phi) is 7.13. The zero-order chi connectivity index (χ0) is 21.6. The molecule has 2 aromatic carbocycles. The lowest BCUT2D eigenvalue weighted by Gasteiger charge is -2.28. The van der Waals surface area contributed by atoms with Gasteiger partial charge in [-0.15, -0.1) is 0 Å². The molecule has 1 atom stereocenters. The Hall–Kier alpha value is -3.17. The average Bonchev–Trinajstić information content (AvgIpc) is 2.65. The fraction of sp³-hybridized carbons (Fsp3) is 0.350. The molecular weight excluding hydrogens is 378 g/mol. The maximum absolute atomic E-state index is 11.0. The summed E-state index contributed by atoms with van der Waals surface area (Å²) in [5.74, 6) is 0.223. The van der Waals surface area contributed by atoms with Gasteiger partial charge in [-0.2, -0.15) is 0 Å². The van der Waals surface area contributed by atoms with E-state index in [9.17, 15) is 20.0 Å². The van der Waals surface area contributed by atoms with E-state index in [-0.39, 0.29) is 36.2 Å². The lowest BCUT2D eigenvalue weighted by Crippen LogP contribution is -2.42. The maximum atomic E-state index is 11.0. The van der Waals surface area contributed by atoms with Crippen molar-refractivity contribution >= 4 is 17.3 Å². The number of nitrogens with two attached hydrogens (primary N) is 1. The number of nitrogen functional groups attached to an aromatic ring is 1. The fourth-order valence-corrected chi connectivity index (χ4v) is 2.64. The number of nitro groups is 1. The van der Waals surface area contributed by atoms with Crippen LogP contribution in [0.1, 0.15) is 26.3 Å². The first kappa shape index (κ1) is 22.1. The number of nitrogens with one attached hydrogen (secondary N) is 1.